The van der Waals surface area contributed by atoms with E-state index in [1.165, 1.54) is 0 Å². The summed E-state index contributed by atoms with van der Waals surface area (Å²) in [5.41, 5.74) is 0.266. The first-order valence-electron chi connectivity index (χ1n) is 7.12. The Kier molecular flexibility index (Phi) is 4.80. The Bertz CT molecular complexity index is 858. The zero-order chi connectivity index (χ0) is 17.3. The van der Waals surface area contributed by atoms with Gasteiger partial charge in [0.05, 0.1) is 12.3 Å². The molecule has 1 aliphatic rings. The normalized spacial score (nSPS) is 14.6. The van der Waals surface area contributed by atoms with E-state index in [0.29, 0.717) is 0 Å². The molecule has 24 heavy (non-hydrogen) atoms. The molecule has 0 unspecified atom stereocenters. The summed E-state index contributed by atoms with van der Waals surface area (Å²) in [6.45, 7) is -0.00922. The van der Waals surface area contributed by atoms with Crippen molar-refractivity contribution in [1.29, 1.82) is 0 Å². The van der Waals surface area contributed by atoms with Crippen molar-refractivity contribution >= 4 is 38.9 Å². The van der Waals surface area contributed by atoms with Crippen LogP contribution in [-0.2, 0) is 26.9 Å². The van der Waals surface area contributed by atoms with E-state index in [2.05, 4.69) is 15.5 Å². The van der Waals surface area contributed by atoms with E-state index < -0.39 is 20.8 Å². The van der Waals surface area contributed by atoms with E-state index in [1.54, 1.807) is 18.2 Å². The molecule has 0 saturated heterocycles. The first-order valence-corrected chi connectivity index (χ1v) is 9.53. The SMILES string of the molecule is O=C(NCc1nnc(S(=O)(=O)Cc2c(Cl)cccc2Cl)o1)C1CC1. The number of aromatic nitrogens is 2. The minimum atomic E-state index is -3.90. The number of benzene rings is 1. The molecule has 3 rings (SSSR count). The van der Waals surface area contributed by atoms with Gasteiger partial charge in [-0.05, 0) is 25.0 Å². The van der Waals surface area contributed by atoms with Crippen molar-refractivity contribution in [3.8, 4) is 0 Å². The number of carbonyl (C=O) groups is 1. The Morgan fingerprint density at radius 3 is 2.54 bits per heavy atom. The number of sulfone groups is 1. The lowest BCUT2D eigenvalue weighted by atomic mass is 10.2. The summed E-state index contributed by atoms with van der Waals surface area (Å²) < 4.78 is 29.9. The van der Waals surface area contributed by atoms with Crippen LogP contribution in [0, 0.1) is 5.92 Å². The molecule has 0 radical (unpaired) electrons. The second-order valence-corrected chi connectivity index (χ2v) is 8.09. The second kappa shape index (κ2) is 6.70. The molecule has 128 valence electrons. The van der Waals surface area contributed by atoms with Gasteiger partial charge in [-0.2, -0.15) is 0 Å². The highest BCUT2D eigenvalue weighted by atomic mass is 35.5. The average Bonchev–Trinajstić information content (AvgIpc) is 3.26. The number of hydrogen-bond donors (Lipinski definition) is 1. The highest BCUT2D eigenvalue weighted by molar-refractivity contribution is 7.90. The third kappa shape index (κ3) is 3.88. The summed E-state index contributed by atoms with van der Waals surface area (Å²) in [5.74, 6) is -0.492. The smallest absolute Gasteiger partial charge is 0.335 e. The Morgan fingerprint density at radius 1 is 1.25 bits per heavy atom. The molecule has 1 aromatic carbocycles. The van der Waals surface area contributed by atoms with Crippen molar-refractivity contribution in [3.05, 3.63) is 39.7 Å². The number of halogens is 2. The van der Waals surface area contributed by atoms with Crippen LogP contribution in [-0.4, -0.2) is 24.5 Å². The maximum absolute atomic E-state index is 12.4. The molecule has 1 aromatic heterocycles. The van der Waals surface area contributed by atoms with Gasteiger partial charge in [0.15, 0.2) is 0 Å². The molecule has 10 heteroatoms. The van der Waals surface area contributed by atoms with Gasteiger partial charge in [-0.15, -0.1) is 5.10 Å². The van der Waals surface area contributed by atoms with Crippen LogP contribution < -0.4 is 5.32 Å². The van der Waals surface area contributed by atoms with Gasteiger partial charge in [-0.3, -0.25) is 4.79 Å². The van der Waals surface area contributed by atoms with E-state index in [4.69, 9.17) is 27.6 Å². The van der Waals surface area contributed by atoms with Gasteiger partial charge in [0, 0.05) is 21.5 Å². The molecule has 1 N–H and O–H groups in total. The maximum atomic E-state index is 12.4. The molecule has 0 atom stereocenters. The van der Waals surface area contributed by atoms with Crippen LogP contribution in [0.2, 0.25) is 10.0 Å². The quantitative estimate of drug-likeness (QED) is 0.813. The molecule has 1 saturated carbocycles. The lowest BCUT2D eigenvalue weighted by Gasteiger charge is -2.05. The highest BCUT2D eigenvalue weighted by Gasteiger charge is 2.30. The average molecular weight is 390 g/mol. The van der Waals surface area contributed by atoms with Crippen molar-refractivity contribution in [2.45, 2.75) is 30.4 Å². The molecule has 1 aliphatic carbocycles. The van der Waals surface area contributed by atoms with Gasteiger partial charge < -0.3 is 9.73 Å². The molecule has 0 aliphatic heterocycles. The molecular formula is C14H13Cl2N3O4S. The standard InChI is InChI=1S/C14H13Cl2N3O4S/c15-10-2-1-3-11(16)9(10)7-24(21,22)14-19-18-12(23-14)6-17-13(20)8-4-5-8/h1-3,8H,4-7H2,(H,17,20). The molecule has 1 heterocycles. The fourth-order valence-corrected chi connectivity index (χ4v) is 3.90. The van der Waals surface area contributed by atoms with Gasteiger partial charge in [0.2, 0.25) is 21.6 Å². The van der Waals surface area contributed by atoms with Crippen molar-refractivity contribution < 1.29 is 17.6 Å². The van der Waals surface area contributed by atoms with Crippen LogP contribution in [0.1, 0.15) is 24.3 Å². The van der Waals surface area contributed by atoms with Gasteiger partial charge in [-0.1, -0.05) is 34.4 Å². The van der Waals surface area contributed by atoms with Crippen molar-refractivity contribution in [2.75, 3.05) is 0 Å². The summed E-state index contributed by atoms with van der Waals surface area (Å²) in [6.07, 6.45) is 1.74. The van der Waals surface area contributed by atoms with E-state index in [1.807, 2.05) is 0 Å². The first-order chi connectivity index (χ1) is 11.4. The van der Waals surface area contributed by atoms with Crippen molar-refractivity contribution in [3.63, 3.8) is 0 Å². The summed E-state index contributed by atoms with van der Waals surface area (Å²) in [6, 6.07) is 4.71. The number of rotatable bonds is 6. The van der Waals surface area contributed by atoms with E-state index in [0.717, 1.165) is 12.8 Å². The number of carbonyl (C=O) groups excluding carboxylic acids is 1. The van der Waals surface area contributed by atoms with E-state index >= 15 is 0 Å². The third-order valence-electron chi connectivity index (χ3n) is 3.47. The number of nitrogens with zero attached hydrogens (tertiary/aromatic N) is 2. The van der Waals surface area contributed by atoms with E-state index in [-0.39, 0.29) is 39.9 Å². The van der Waals surface area contributed by atoms with Crippen LogP contribution in [0.4, 0.5) is 0 Å². The second-order valence-electron chi connectivity index (χ2n) is 5.41. The highest BCUT2D eigenvalue weighted by Crippen LogP contribution is 2.29. The summed E-state index contributed by atoms with van der Waals surface area (Å²) in [5, 5.41) is 9.75. The van der Waals surface area contributed by atoms with Gasteiger partial charge in [-0.25, -0.2) is 8.42 Å². The number of amides is 1. The van der Waals surface area contributed by atoms with Crippen molar-refractivity contribution in [2.24, 2.45) is 5.92 Å². The fourth-order valence-electron chi connectivity index (χ4n) is 2.01. The number of hydrogen-bond acceptors (Lipinski definition) is 6. The number of nitrogens with one attached hydrogen (secondary N) is 1. The van der Waals surface area contributed by atoms with E-state index in [9.17, 15) is 13.2 Å². The van der Waals surface area contributed by atoms with Crippen molar-refractivity contribution in [1.82, 2.24) is 15.5 Å². The predicted molar refractivity (Wildman–Crippen MR) is 86.2 cm³/mol. The Labute approximate surface area is 148 Å². The van der Waals surface area contributed by atoms with Gasteiger partial charge in [0.1, 0.15) is 0 Å². The summed E-state index contributed by atoms with van der Waals surface area (Å²) in [4.78, 5) is 11.5. The maximum Gasteiger partial charge on any atom is 0.335 e. The molecular weight excluding hydrogens is 377 g/mol. The largest absolute Gasteiger partial charge is 0.411 e. The van der Waals surface area contributed by atoms with Crippen LogP contribution in [0.25, 0.3) is 0 Å². The minimum absolute atomic E-state index is 0.00922. The molecule has 2 aromatic rings. The van der Waals surface area contributed by atoms with Crippen LogP contribution in [0.5, 0.6) is 0 Å². The predicted octanol–water partition coefficient (Wildman–Crippen LogP) is 2.38. The molecule has 1 amide bonds. The lowest BCUT2D eigenvalue weighted by Crippen LogP contribution is -2.24. The lowest BCUT2D eigenvalue weighted by molar-refractivity contribution is -0.122. The Morgan fingerprint density at radius 2 is 1.92 bits per heavy atom. The molecule has 0 bridgehead atoms. The fraction of sp³-hybridized carbons (Fsp3) is 0.357. The molecule has 1 fully saturated rings. The Balaban J connectivity index is 1.72. The van der Waals surface area contributed by atoms with Crippen LogP contribution in [0.15, 0.2) is 27.8 Å². The summed E-state index contributed by atoms with van der Waals surface area (Å²) >= 11 is 12.0. The molecule has 0 spiro atoms. The third-order valence-corrected chi connectivity index (χ3v) is 5.55. The van der Waals surface area contributed by atoms with Gasteiger partial charge >= 0.3 is 5.22 Å². The van der Waals surface area contributed by atoms with Gasteiger partial charge in [0.25, 0.3) is 0 Å². The minimum Gasteiger partial charge on any atom is -0.411 e. The zero-order valence-electron chi connectivity index (χ0n) is 12.3. The monoisotopic (exact) mass is 389 g/mol. The Hall–Kier alpha value is -1.64. The molecule has 7 nitrogen and oxygen atoms in total. The zero-order valence-corrected chi connectivity index (χ0v) is 14.7. The topological polar surface area (TPSA) is 102 Å². The first kappa shape index (κ1) is 17.2. The van der Waals surface area contributed by atoms with Crippen LogP contribution >= 0.6 is 23.2 Å². The summed E-state index contributed by atoms with van der Waals surface area (Å²) in [7, 11) is -3.90. The van der Waals surface area contributed by atoms with Crippen LogP contribution in [0.3, 0.4) is 0 Å².